The summed E-state index contributed by atoms with van der Waals surface area (Å²) in [7, 11) is 1.28. The second-order valence-electron chi connectivity index (χ2n) is 7.58. The molecule has 2 aromatic carbocycles. The van der Waals surface area contributed by atoms with E-state index in [0.717, 1.165) is 23.2 Å². The summed E-state index contributed by atoms with van der Waals surface area (Å²) >= 11 is 12.2. The third kappa shape index (κ3) is 4.57. The molecule has 0 bridgehead atoms. The van der Waals surface area contributed by atoms with Crippen LogP contribution in [0.25, 0.3) is 0 Å². The molecule has 0 radical (unpaired) electrons. The van der Waals surface area contributed by atoms with Crippen LogP contribution >= 0.6 is 33.9 Å². The second kappa shape index (κ2) is 8.33. The van der Waals surface area contributed by atoms with Crippen molar-refractivity contribution in [1.82, 2.24) is 9.55 Å². The summed E-state index contributed by atoms with van der Waals surface area (Å²) in [5.41, 5.74) is -0.899. The lowest BCUT2D eigenvalue weighted by atomic mass is 9.92. The summed E-state index contributed by atoms with van der Waals surface area (Å²) in [5.74, 6) is -1.06. The molecule has 0 N–H and O–H groups in total. The SMILES string of the molecule is CC1(Cc2ccc(OC(F)(F)F)cc2)C(=O)N(c2cc(Cl)cc(Cl)c2)c2ncc(S(=O)(=O)Cl)n21. The van der Waals surface area contributed by atoms with Gasteiger partial charge in [-0.1, -0.05) is 35.3 Å². The fraction of sp³-hybridized carbons (Fsp3) is 0.200. The number of amides is 1. The normalized spacial score (nSPS) is 18.3. The molecule has 1 aliphatic rings. The Morgan fingerprint density at radius 3 is 2.21 bits per heavy atom. The first-order valence-electron chi connectivity index (χ1n) is 9.37. The topological polar surface area (TPSA) is 81.5 Å². The van der Waals surface area contributed by atoms with Crippen molar-refractivity contribution in [2.24, 2.45) is 0 Å². The molecule has 1 aromatic heterocycles. The van der Waals surface area contributed by atoms with Gasteiger partial charge in [0, 0.05) is 27.1 Å². The van der Waals surface area contributed by atoms with E-state index >= 15 is 0 Å². The Morgan fingerprint density at radius 2 is 1.68 bits per heavy atom. The predicted octanol–water partition coefficient (Wildman–Crippen LogP) is 5.65. The molecule has 0 aliphatic carbocycles. The molecule has 0 fully saturated rings. The van der Waals surface area contributed by atoms with E-state index in [2.05, 4.69) is 9.72 Å². The lowest BCUT2D eigenvalue weighted by Gasteiger charge is -2.26. The highest BCUT2D eigenvalue weighted by Crippen LogP contribution is 2.45. The number of halogens is 6. The Bertz CT molecular complexity index is 1370. The number of imidazole rings is 1. The van der Waals surface area contributed by atoms with Gasteiger partial charge in [-0.25, -0.2) is 18.3 Å². The Hall–Kier alpha value is -2.47. The molecular formula is C20H13Cl3F3N3O4S. The summed E-state index contributed by atoms with van der Waals surface area (Å²) in [4.78, 5) is 18.9. The average molecular weight is 555 g/mol. The quantitative estimate of drug-likeness (QED) is 0.381. The van der Waals surface area contributed by atoms with E-state index < -0.39 is 37.6 Å². The van der Waals surface area contributed by atoms with E-state index in [1.165, 1.54) is 41.8 Å². The largest absolute Gasteiger partial charge is 0.573 e. The number of rotatable bonds is 5. The fourth-order valence-electron chi connectivity index (χ4n) is 3.81. The van der Waals surface area contributed by atoms with Crippen LogP contribution in [0.5, 0.6) is 5.75 Å². The maximum atomic E-state index is 13.7. The van der Waals surface area contributed by atoms with Crippen molar-refractivity contribution in [3.63, 3.8) is 0 Å². The Kier molecular flexibility index (Phi) is 6.04. The van der Waals surface area contributed by atoms with E-state index in [1.54, 1.807) is 0 Å². The lowest BCUT2D eigenvalue weighted by Crippen LogP contribution is -2.41. The molecular weight excluding hydrogens is 542 g/mol. The molecule has 34 heavy (non-hydrogen) atoms. The number of hydrogen-bond donors (Lipinski definition) is 0. The van der Waals surface area contributed by atoms with Crippen molar-refractivity contribution >= 4 is 60.5 Å². The maximum absolute atomic E-state index is 13.7. The van der Waals surface area contributed by atoms with Gasteiger partial charge in [0.2, 0.25) is 5.95 Å². The van der Waals surface area contributed by atoms with Crippen LogP contribution < -0.4 is 9.64 Å². The first kappa shape index (κ1) is 24.6. The molecule has 1 aliphatic heterocycles. The van der Waals surface area contributed by atoms with Gasteiger partial charge >= 0.3 is 6.36 Å². The Balaban J connectivity index is 1.81. The second-order valence-corrected chi connectivity index (χ2v) is 11.0. The van der Waals surface area contributed by atoms with Crippen molar-refractivity contribution in [2.75, 3.05) is 4.90 Å². The molecule has 0 spiro atoms. The minimum absolute atomic E-state index is 0.0397. The smallest absolute Gasteiger partial charge is 0.406 e. The Labute approximate surface area is 206 Å². The monoisotopic (exact) mass is 553 g/mol. The third-order valence-electron chi connectivity index (χ3n) is 5.13. The van der Waals surface area contributed by atoms with Crippen LogP contribution in [0.15, 0.2) is 53.7 Å². The van der Waals surface area contributed by atoms with E-state index in [-0.39, 0.29) is 28.1 Å². The standard InChI is InChI=1S/C20H13Cl3F3N3O4S/c1-19(9-11-2-4-15(5-3-11)33-20(24,25)26)17(30)28(14-7-12(21)6-13(22)8-14)18-27-10-16(29(18)19)34(23,31)32/h2-8,10H,9H2,1H3. The Morgan fingerprint density at radius 1 is 1.09 bits per heavy atom. The number of carbonyl (C=O) groups is 1. The van der Waals surface area contributed by atoms with E-state index in [4.69, 9.17) is 33.9 Å². The van der Waals surface area contributed by atoms with E-state index in [0.29, 0.717) is 5.56 Å². The highest BCUT2D eigenvalue weighted by Gasteiger charge is 2.51. The summed E-state index contributed by atoms with van der Waals surface area (Å²) in [6.07, 6.45) is -3.95. The van der Waals surface area contributed by atoms with Crippen molar-refractivity contribution in [3.8, 4) is 5.75 Å². The number of hydrogen-bond acceptors (Lipinski definition) is 5. The first-order chi connectivity index (χ1) is 15.7. The molecule has 180 valence electrons. The minimum Gasteiger partial charge on any atom is -0.406 e. The van der Waals surface area contributed by atoms with E-state index in [1.807, 2.05) is 0 Å². The van der Waals surface area contributed by atoms with Gasteiger partial charge in [-0.05, 0) is 42.8 Å². The predicted molar refractivity (Wildman–Crippen MR) is 119 cm³/mol. The molecule has 1 amide bonds. The van der Waals surface area contributed by atoms with Gasteiger partial charge in [-0.2, -0.15) is 0 Å². The van der Waals surface area contributed by atoms with Crippen molar-refractivity contribution in [2.45, 2.75) is 30.3 Å². The number of alkyl halides is 3. The summed E-state index contributed by atoms with van der Waals surface area (Å²) in [5, 5.41) is 0.0348. The molecule has 4 rings (SSSR count). The number of aromatic nitrogens is 2. The number of fused-ring (bicyclic) bond motifs is 1. The molecule has 14 heteroatoms. The van der Waals surface area contributed by atoms with Gasteiger partial charge in [-0.3, -0.25) is 9.36 Å². The highest BCUT2D eigenvalue weighted by atomic mass is 35.7. The van der Waals surface area contributed by atoms with Gasteiger partial charge in [-0.15, -0.1) is 13.2 Å². The van der Waals surface area contributed by atoms with Crippen molar-refractivity contribution in [3.05, 3.63) is 64.3 Å². The first-order valence-corrected chi connectivity index (χ1v) is 12.4. The van der Waals surface area contributed by atoms with E-state index in [9.17, 15) is 26.4 Å². The zero-order valence-electron chi connectivity index (χ0n) is 17.0. The van der Waals surface area contributed by atoms with Crippen LogP contribution in [0.3, 0.4) is 0 Å². The van der Waals surface area contributed by atoms with Crippen LogP contribution in [-0.4, -0.2) is 30.2 Å². The van der Waals surface area contributed by atoms with Gasteiger partial charge in [0.15, 0.2) is 5.03 Å². The number of nitrogens with zero attached hydrogens (tertiary/aromatic N) is 3. The molecule has 1 unspecified atom stereocenters. The zero-order chi connectivity index (χ0) is 25.1. The molecule has 0 saturated carbocycles. The molecule has 7 nitrogen and oxygen atoms in total. The van der Waals surface area contributed by atoms with Crippen LogP contribution in [0.1, 0.15) is 12.5 Å². The molecule has 0 saturated heterocycles. The third-order valence-corrected chi connectivity index (χ3v) is 6.83. The number of carbonyl (C=O) groups excluding carboxylic acids is 1. The van der Waals surface area contributed by atoms with Crippen molar-refractivity contribution < 1.29 is 31.1 Å². The van der Waals surface area contributed by atoms with Crippen LogP contribution in [0.4, 0.5) is 24.8 Å². The van der Waals surface area contributed by atoms with Gasteiger partial charge in [0.1, 0.15) is 11.3 Å². The van der Waals surface area contributed by atoms with Gasteiger partial charge in [0.05, 0.1) is 11.9 Å². The summed E-state index contributed by atoms with van der Waals surface area (Å²) in [6, 6.07) is 9.22. The average Bonchev–Trinajstić information content (AvgIpc) is 3.21. The number of anilines is 2. The highest BCUT2D eigenvalue weighted by molar-refractivity contribution is 8.13. The van der Waals surface area contributed by atoms with Crippen molar-refractivity contribution in [1.29, 1.82) is 0 Å². The molecule has 2 heterocycles. The maximum Gasteiger partial charge on any atom is 0.573 e. The summed E-state index contributed by atoms with van der Waals surface area (Å²) < 4.78 is 66.9. The number of ether oxygens (including phenoxy) is 1. The fourth-order valence-corrected chi connectivity index (χ4v) is 5.33. The molecule has 1 atom stereocenters. The lowest BCUT2D eigenvalue weighted by molar-refractivity contribution is -0.274. The molecule has 3 aromatic rings. The number of benzene rings is 2. The zero-order valence-corrected chi connectivity index (χ0v) is 20.1. The van der Waals surface area contributed by atoms with Crippen LogP contribution in [0, 0.1) is 0 Å². The summed E-state index contributed by atoms with van der Waals surface area (Å²) in [6.45, 7) is 1.47. The van der Waals surface area contributed by atoms with Crippen LogP contribution in [-0.2, 0) is 25.8 Å². The minimum atomic E-state index is -4.86. The van der Waals surface area contributed by atoms with Gasteiger partial charge in [0.25, 0.3) is 15.0 Å². The van der Waals surface area contributed by atoms with Crippen LogP contribution in [0.2, 0.25) is 10.0 Å². The van der Waals surface area contributed by atoms with Gasteiger partial charge < -0.3 is 4.74 Å².